The molecule has 0 aliphatic carbocycles. The number of nitrogens with one attached hydrogen (secondary N) is 1. The molecule has 1 aromatic rings. The van der Waals surface area contributed by atoms with E-state index >= 15 is 0 Å². The summed E-state index contributed by atoms with van der Waals surface area (Å²) in [5.41, 5.74) is 4.77. The van der Waals surface area contributed by atoms with E-state index in [2.05, 4.69) is 15.3 Å². The summed E-state index contributed by atoms with van der Waals surface area (Å²) >= 11 is 0.969. The Labute approximate surface area is 119 Å². The van der Waals surface area contributed by atoms with Gasteiger partial charge in [0, 0.05) is 31.5 Å². The molecule has 0 aromatic carbocycles. The van der Waals surface area contributed by atoms with Gasteiger partial charge in [-0.15, -0.1) is 11.3 Å². The van der Waals surface area contributed by atoms with E-state index in [1.54, 1.807) is 7.11 Å². The molecule has 0 saturated carbocycles. The molecule has 1 rings (SSSR count). The van der Waals surface area contributed by atoms with E-state index in [1.807, 2.05) is 6.92 Å². The molecule has 0 saturated heterocycles. The van der Waals surface area contributed by atoms with E-state index in [9.17, 15) is 13.2 Å². The molecule has 0 bridgehead atoms. The fourth-order valence-electron chi connectivity index (χ4n) is 1.42. The third kappa shape index (κ3) is 5.74. The highest BCUT2D eigenvalue weighted by Crippen LogP contribution is 2.30. The van der Waals surface area contributed by atoms with Crippen LogP contribution in [0.4, 0.5) is 13.2 Å². The number of hydrogen-bond donors (Lipinski definition) is 2. The largest absolute Gasteiger partial charge is 0.434 e. The van der Waals surface area contributed by atoms with Gasteiger partial charge in [-0.2, -0.15) is 13.2 Å². The first-order chi connectivity index (χ1) is 9.32. The van der Waals surface area contributed by atoms with Gasteiger partial charge < -0.3 is 15.8 Å². The zero-order chi connectivity index (χ0) is 15.2. The van der Waals surface area contributed by atoms with Gasteiger partial charge in [0.1, 0.15) is 0 Å². The smallest absolute Gasteiger partial charge is 0.383 e. The van der Waals surface area contributed by atoms with Crippen LogP contribution in [0.1, 0.15) is 17.6 Å². The highest BCUT2D eigenvalue weighted by Gasteiger charge is 2.33. The van der Waals surface area contributed by atoms with E-state index in [-0.39, 0.29) is 18.5 Å². The molecule has 1 unspecified atom stereocenters. The van der Waals surface area contributed by atoms with Crippen molar-refractivity contribution < 1.29 is 17.9 Å². The van der Waals surface area contributed by atoms with E-state index < -0.39 is 11.9 Å². The quantitative estimate of drug-likeness (QED) is 0.619. The highest BCUT2D eigenvalue weighted by atomic mass is 32.1. The summed E-state index contributed by atoms with van der Waals surface area (Å²) in [5, 5.41) is 4.29. The van der Waals surface area contributed by atoms with Crippen molar-refractivity contribution in [2.45, 2.75) is 25.6 Å². The minimum absolute atomic E-state index is 0.0143. The topological polar surface area (TPSA) is 72.5 Å². The normalized spacial score (nSPS) is 14.3. The number of aromatic nitrogens is 1. The van der Waals surface area contributed by atoms with Gasteiger partial charge in [-0.25, -0.2) is 4.98 Å². The van der Waals surface area contributed by atoms with E-state index in [4.69, 9.17) is 10.5 Å². The predicted molar refractivity (Wildman–Crippen MR) is 71.8 cm³/mol. The number of nitrogens with two attached hydrogens (primary N) is 1. The minimum atomic E-state index is -4.39. The molecule has 9 heteroatoms. The van der Waals surface area contributed by atoms with Crippen molar-refractivity contribution in [1.82, 2.24) is 10.3 Å². The fourth-order valence-corrected chi connectivity index (χ4v) is 2.21. The lowest BCUT2D eigenvalue weighted by Gasteiger charge is -2.12. The number of alkyl halides is 3. The van der Waals surface area contributed by atoms with Crippen molar-refractivity contribution in [3.8, 4) is 0 Å². The van der Waals surface area contributed by atoms with Gasteiger partial charge in [0.15, 0.2) is 11.7 Å². The number of rotatable bonds is 6. The van der Waals surface area contributed by atoms with Crippen LogP contribution in [-0.2, 0) is 17.3 Å². The van der Waals surface area contributed by atoms with E-state index in [0.29, 0.717) is 18.0 Å². The molecule has 1 atom stereocenters. The maximum absolute atomic E-state index is 12.3. The predicted octanol–water partition coefficient (Wildman–Crippen LogP) is 1.64. The maximum Gasteiger partial charge on any atom is 0.434 e. The Bertz CT molecular complexity index is 447. The second-order valence-corrected chi connectivity index (χ2v) is 5.08. The van der Waals surface area contributed by atoms with Gasteiger partial charge in [0.2, 0.25) is 0 Å². The molecular weight excluding hydrogens is 293 g/mol. The summed E-state index contributed by atoms with van der Waals surface area (Å²) in [7, 11) is 1.58. The first-order valence-electron chi connectivity index (χ1n) is 5.90. The Kier molecular flexibility index (Phi) is 6.21. The Morgan fingerprint density at radius 1 is 1.60 bits per heavy atom. The lowest BCUT2D eigenvalue weighted by Crippen LogP contribution is -2.40. The molecule has 1 heterocycles. The number of hydrogen-bond acceptors (Lipinski definition) is 4. The molecule has 0 aliphatic heterocycles. The van der Waals surface area contributed by atoms with Crippen LogP contribution < -0.4 is 11.1 Å². The van der Waals surface area contributed by atoms with Gasteiger partial charge in [0.05, 0.1) is 11.6 Å². The molecule has 5 nitrogen and oxygen atoms in total. The third-order valence-corrected chi connectivity index (χ3v) is 3.17. The molecule has 1 aromatic heterocycles. The number of halogens is 3. The number of aliphatic imine (C=N–C) groups is 1. The second kappa shape index (κ2) is 7.44. The van der Waals surface area contributed by atoms with Crippen molar-refractivity contribution in [3.63, 3.8) is 0 Å². The zero-order valence-corrected chi connectivity index (χ0v) is 12.0. The standard InChI is InChI=1S/C11H17F3N4OS/c1-7(5-19-2)17-10(15)16-4-3-9-18-8(6-20-9)11(12,13)14/h6-7H,3-5H2,1-2H3,(H3,15,16,17). The molecule has 0 radical (unpaired) electrons. The molecule has 0 fully saturated rings. The zero-order valence-electron chi connectivity index (χ0n) is 11.2. The summed E-state index contributed by atoms with van der Waals surface area (Å²) in [4.78, 5) is 7.54. The fraction of sp³-hybridized carbons (Fsp3) is 0.636. The Morgan fingerprint density at radius 3 is 2.85 bits per heavy atom. The van der Waals surface area contributed by atoms with Crippen molar-refractivity contribution in [1.29, 1.82) is 0 Å². The molecule has 0 aliphatic rings. The van der Waals surface area contributed by atoms with Crippen molar-refractivity contribution in [2.24, 2.45) is 10.7 Å². The Balaban J connectivity index is 2.41. The maximum atomic E-state index is 12.3. The van der Waals surface area contributed by atoms with Crippen LogP contribution >= 0.6 is 11.3 Å². The Hall–Kier alpha value is -1.35. The van der Waals surface area contributed by atoms with Crippen LogP contribution in [0.5, 0.6) is 0 Å². The number of nitrogens with zero attached hydrogens (tertiary/aromatic N) is 2. The van der Waals surface area contributed by atoms with Crippen molar-refractivity contribution in [3.05, 3.63) is 16.1 Å². The summed E-state index contributed by atoms with van der Waals surface area (Å²) in [5.74, 6) is 0.238. The number of ether oxygens (including phenoxy) is 1. The SMILES string of the molecule is COCC(C)NC(N)=NCCc1nc(C(F)(F)F)cs1. The number of methoxy groups -OCH3 is 1. The summed E-state index contributed by atoms with van der Waals surface area (Å²) < 4.78 is 42.0. The van der Waals surface area contributed by atoms with E-state index in [0.717, 1.165) is 16.7 Å². The van der Waals surface area contributed by atoms with Gasteiger partial charge in [-0.3, -0.25) is 4.99 Å². The average molecular weight is 310 g/mol. The van der Waals surface area contributed by atoms with Crippen LogP contribution in [0.25, 0.3) is 0 Å². The third-order valence-electron chi connectivity index (χ3n) is 2.26. The first-order valence-corrected chi connectivity index (χ1v) is 6.78. The lowest BCUT2D eigenvalue weighted by atomic mass is 10.4. The van der Waals surface area contributed by atoms with Crippen LogP contribution in [0, 0.1) is 0 Å². The summed E-state index contributed by atoms with van der Waals surface area (Å²) in [6, 6.07) is 0.0143. The van der Waals surface area contributed by atoms with Crippen LogP contribution in [-0.4, -0.2) is 37.2 Å². The van der Waals surface area contributed by atoms with Gasteiger partial charge in [0.25, 0.3) is 0 Å². The Morgan fingerprint density at radius 2 is 2.30 bits per heavy atom. The van der Waals surface area contributed by atoms with Gasteiger partial charge in [-0.1, -0.05) is 0 Å². The molecular formula is C11H17F3N4OS. The summed E-state index contributed by atoms with van der Waals surface area (Å²) in [6.07, 6.45) is -4.07. The van der Waals surface area contributed by atoms with Crippen molar-refractivity contribution >= 4 is 17.3 Å². The number of guanidine groups is 1. The van der Waals surface area contributed by atoms with E-state index in [1.165, 1.54) is 0 Å². The van der Waals surface area contributed by atoms with Gasteiger partial charge in [-0.05, 0) is 6.92 Å². The lowest BCUT2D eigenvalue weighted by molar-refractivity contribution is -0.140. The first kappa shape index (κ1) is 16.7. The highest BCUT2D eigenvalue weighted by molar-refractivity contribution is 7.09. The molecule has 0 amide bonds. The average Bonchev–Trinajstić information content (AvgIpc) is 2.77. The van der Waals surface area contributed by atoms with Crippen LogP contribution in [0.3, 0.4) is 0 Å². The van der Waals surface area contributed by atoms with Crippen LogP contribution in [0.2, 0.25) is 0 Å². The second-order valence-electron chi connectivity index (χ2n) is 4.14. The molecule has 20 heavy (non-hydrogen) atoms. The summed E-state index contributed by atoms with van der Waals surface area (Å²) in [6.45, 7) is 2.64. The van der Waals surface area contributed by atoms with Crippen LogP contribution in [0.15, 0.2) is 10.4 Å². The monoisotopic (exact) mass is 310 g/mol. The number of thiazole rings is 1. The molecule has 3 N–H and O–H groups in total. The minimum Gasteiger partial charge on any atom is -0.383 e. The van der Waals surface area contributed by atoms with Crippen molar-refractivity contribution in [2.75, 3.05) is 20.3 Å². The molecule has 0 spiro atoms. The van der Waals surface area contributed by atoms with Gasteiger partial charge >= 0.3 is 6.18 Å². The molecule has 114 valence electrons.